The van der Waals surface area contributed by atoms with E-state index in [0.717, 1.165) is 43.4 Å². The lowest BCUT2D eigenvalue weighted by molar-refractivity contribution is 0.102. The Morgan fingerprint density at radius 3 is 2.43 bits per heavy atom. The number of anilines is 1. The third kappa shape index (κ3) is 4.01. The summed E-state index contributed by atoms with van der Waals surface area (Å²) >= 11 is 3.47. The minimum atomic E-state index is -0.122. The molecule has 1 amide bonds. The first-order valence-corrected chi connectivity index (χ1v) is 10.8. The van der Waals surface area contributed by atoms with Gasteiger partial charge in [0.1, 0.15) is 0 Å². The molecule has 0 aliphatic rings. The van der Waals surface area contributed by atoms with Gasteiger partial charge in [0.15, 0.2) is 0 Å². The third-order valence-electron chi connectivity index (χ3n) is 5.27. The van der Waals surface area contributed by atoms with Crippen LogP contribution in [0.1, 0.15) is 41.3 Å². The largest absolute Gasteiger partial charge is 0.321 e. The number of hydrogen-bond donors (Lipinski definition) is 1. The van der Waals surface area contributed by atoms with Gasteiger partial charge in [0.05, 0.1) is 16.8 Å². The van der Waals surface area contributed by atoms with E-state index < -0.39 is 0 Å². The van der Waals surface area contributed by atoms with E-state index in [1.165, 1.54) is 0 Å². The van der Waals surface area contributed by atoms with Crippen LogP contribution in [-0.2, 0) is 0 Å². The summed E-state index contributed by atoms with van der Waals surface area (Å²) in [6, 6.07) is 23.8. The Kier molecular flexibility index (Phi) is 5.69. The van der Waals surface area contributed by atoms with Gasteiger partial charge in [0.25, 0.3) is 5.91 Å². The van der Waals surface area contributed by atoms with E-state index in [2.05, 4.69) is 41.2 Å². The van der Waals surface area contributed by atoms with Crippen molar-refractivity contribution >= 4 is 38.4 Å². The number of hydrogen-bond acceptors (Lipinski definition) is 2. The summed E-state index contributed by atoms with van der Waals surface area (Å²) in [4.78, 5) is 18.2. The summed E-state index contributed by atoms with van der Waals surface area (Å²) in [5.41, 5.74) is 6.25. The quantitative estimate of drug-likeness (QED) is 0.347. The van der Waals surface area contributed by atoms with Gasteiger partial charge in [-0.25, -0.2) is 4.98 Å². The molecule has 0 aliphatic carbocycles. The molecule has 4 rings (SSSR count). The van der Waals surface area contributed by atoms with Crippen molar-refractivity contribution in [3.05, 3.63) is 94.0 Å². The zero-order chi connectivity index (χ0) is 21.3. The van der Waals surface area contributed by atoms with Gasteiger partial charge in [-0.1, -0.05) is 78.3 Å². The maximum atomic E-state index is 13.4. The summed E-state index contributed by atoms with van der Waals surface area (Å²) in [5.74, 6) is 0.191. The average molecular weight is 459 g/mol. The number of nitrogens with one attached hydrogen (secondary N) is 1. The Morgan fingerprint density at radius 2 is 1.70 bits per heavy atom. The highest BCUT2D eigenvalue weighted by atomic mass is 79.9. The Bertz CT molecular complexity index is 1230. The van der Waals surface area contributed by atoms with Gasteiger partial charge < -0.3 is 5.32 Å². The van der Waals surface area contributed by atoms with Crippen molar-refractivity contribution in [3.8, 4) is 11.3 Å². The van der Waals surface area contributed by atoms with Crippen LogP contribution in [0.5, 0.6) is 0 Å². The van der Waals surface area contributed by atoms with Crippen molar-refractivity contribution in [3.63, 3.8) is 0 Å². The fraction of sp³-hybridized carbons (Fsp3) is 0.154. The van der Waals surface area contributed by atoms with E-state index in [4.69, 9.17) is 4.98 Å². The molecule has 0 spiro atoms. The number of aryl methyl sites for hydroxylation is 1. The number of rotatable bonds is 4. The zero-order valence-electron chi connectivity index (χ0n) is 17.2. The molecular formula is C26H23BrN2O. The minimum absolute atomic E-state index is 0.122. The van der Waals surface area contributed by atoms with Crippen LogP contribution in [0.15, 0.2) is 77.3 Å². The van der Waals surface area contributed by atoms with E-state index in [0.29, 0.717) is 11.5 Å². The third-order valence-corrected chi connectivity index (χ3v) is 5.80. The van der Waals surface area contributed by atoms with Crippen molar-refractivity contribution in [2.75, 3.05) is 5.32 Å². The van der Waals surface area contributed by atoms with Crippen LogP contribution < -0.4 is 5.32 Å². The molecule has 150 valence electrons. The second-order valence-corrected chi connectivity index (χ2v) is 8.64. The molecule has 1 aromatic heterocycles. The molecule has 0 aliphatic heterocycles. The van der Waals surface area contributed by atoms with Gasteiger partial charge in [-0.2, -0.15) is 0 Å². The summed E-state index contributed by atoms with van der Waals surface area (Å²) in [7, 11) is 0. The molecule has 1 N–H and O–H groups in total. The van der Waals surface area contributed by atoms with E-state index in [1.54, 1.807) is 0 Å². The van der Waals surface area contributed by atoms with Gasteiger partial charge in [-0.3, -0.25) is 4.79 Å². The van der Waals surface area contributed by atoms with Crippen LogP contribution in [-0.4, -0.2) is 10.9 Å². The molecule has 4 heteroatoms. The smallest absolute Gasteiger partial charge is 0.256 e. The van der Waals surface area contributed by atoms with E-state index >= 15 is 0 Å². The standard InChI is InChI=1S/C26H23BrN2O/c1-16(2)20-9-6-7-17(3)25(20)29-26(30)22-15-24(18-11-13-19(27)14-12-18)28-23-10-5-4-8-21(22)23/h4-16H,1-3H3,(H,29,30). The lowest BCUT2D eigenvalue weighted by Gasteiger charge is -2.17. The SMILES string of the molecule is Cc1cccc(C(C)C)c1NC(=O)c1cc(-c2ccc(Br)cc2)nc2ccccc12. The Morgan fingerprint density at radius 1 is 0.967 bits per heavy atom. The monoisotopic (exact) mass is 458 g/mol. The molecule has 0 saturated heterocycles. The van der Waals surface area contributed by atoms with E-state index in [9.17, 15) is 4.79 Å². The maximum Gasteiger partial charge on any atom is 0.256 e. The molecule has 0 saturated carbocycles. The number of carbonyl (C=O) groups is 1. The number of benzene rings is 3. The predicted octanol–water partition coefficient (Wildman–Crippen LogP) is 7.35. The fourth-order valence-electron chi connectivity index (χ4n) is 3.65. The number of fused-ring (bicyclic) bond motifs is 1. The maximum absolute atomic E-state index is 13.4. The normalized spacial score (nSPS) is 11.1. The van der Waals surface area contributed by atoms with Crippen LogP contribution in [0, 0.1) is 6.92 Å². The van der Waals surface area contributed by atoms with Crippen molar-refractivity contribution in [2.24, 2.45) is 0 Å². The summed E-state index contributed by atoms with van der Waals surface area (Å²) < 4.78 is 1.01. The first-order valence-electron chi connectivity index (χ1n) is 10.0. The molecule has 3 aromatic carbocycles. The molecule has 3 nitrogen and oxygen atoms in total. The Labute approximate surface area is 185 Å². The number of para-hydroxylation sites is 2. The van der Waals surface area contributed by atoms with E-state index in [1.807, 2.05) is 73.7 Å². The zero-order valence-corrected chi connectivity index (χ0v) is 18.8. The summed E-state index contributed by atoms with van der Waals surface area (Å²) in [6.45, 7) is 6.30. The molecule has 1 heterocycles. The van der Waals surface area contributed by atoms with Crippen LogP contribution in [0.2, 0.25) is 0 Å². The van der Waals surface area contributed by atoms with Gasteiger partial charge in [0.2, 0.25) is 0 Å². The van der Waals surface area contributed by atoms with Crippen LogP contribution in [0.25, 0.3) is 22.2 Å². The molecule has 0 radical (unpaired) electrons. The van der Waals surface area contributed by atoms with Crippen molar-refractivity contribution < 1.29 is 4.79 Å². The van der Waals surface area contributed by atoms with Gasteiger partial charge in [-0.05, 0) is 48.2 Å². The highest BCUT2D eigenvalue weighted by Crippen LogP contribution is 2.30. The van der Waals surface area contributed by atoms with E-state index in [-0.39, 0.29) is 5.91 Å². The minimum Gasteiger partial charge on any atom is -0.321 e. The molecule has 4 aromatic rings. The second kappa shape index (κ2) is 8.41. The van der Waals surface area contributed by atoms with Gasteiger partial charge >= 0.3 is 0 Å². The topological polar surface area (TPSA) is 42.0 Å². The Balaban J connectivity index is 1.82. The number of halogens is 1. The number of pyridine rings is 1. The average Bonchev–Trinajstić information content (AvgIpc) is 2.74. The molecule has 0 fully saturated rings. The van der Waals surface area contributed by atoms with Gasteiger partial charge in [0, 0.05) is 21.1 Å². The van der Waals surface area contributed by atoms with Crippen molar-refractivity contribution in [2.45, 2.75) is 26.7 Å². The van der Waals surface area contributed by atoms with Gasteiger partial charge in [-0.15, -0.1) is 0 Å². The predicted molar refractivity (Wildman–Crippen MR) is 128 cm³/mol. The van der Waals surface area contributed by atoms with Crippen molar-refractivity contribution in [1.82, 2.24) is 4.98 Å². The number of amides is 1. The summed E-state index contributed by atoms with van der Waals surface area (Å²) in [5, 5.41) is 4.03. The van der Waals surface area contributed by atoms with Crippen LogP contribution in [0.3, 0.4) is 0 Å². The first-order chi connectivity index (χ1) is 14.4. The second-order valence-electron chi connectivity index (χ2n) is 7.73. The molecule has 0 atom stereocenters. The molecule has 0 bridgehead atoms. The summed E-state index contributed by atoms with van der Waals surface area (Å²) in [6.07, 6.45) is 0. The molecule has 30 heavy (non-hydrogen) atoms. The fourth-order valence-corrected chi connectivity index (χ4v) is 3.92. The first kappa shape index (κ1) is 20.3. The van der Waals surface area contributed by atoms with Crippen molar-refractivity contribution in [1.29, 1.82) is 0 Å². The Hall–Kier alpha value is -2.98. The lowest BCUT2D eigenvalue weighted by atomic mass is 9.97. The highest BCUT2D eigenvalue weighted by Gasteiger charge is 2.17. The number of aromatic nitrogens is 1. The molecule has 0 unspecified atom stereocenters. The van der Waals surface area contributed by atoms with Crippen LogP contribution >= 0.6 is 15.9 Å². The highest BCUT2D eigenvalue weighted by molar-refractivity contribution is 9.10. The van der Waals surface area contributed by atoms with Crippen LogP contribution in [0.4, 0.5) is 5.69 Å². The molecular weight excluding hydrogens is 436 g/mol. The number of carbonyl (C=O) groups excluding carboxylic acids is 1. The number of nitrogens with zero attached hydrogens (tertiary/aromatic N) is 1. The lowest BCUT2D eigenvalue weighted by Crippen LogP contribution is -2.15.